The third-order valence-corrected chi connectivity index (χ3v) is 6.08. The van der Waals surface area contributed by atoms with Gasteiger partial charge in [-0.3, -0.25) is 0 Å². The first-order valence-electron chi connectivity index (χ1n) is 7.20. The quantitative estimate of drug-likeness (QED) is 0.822. The summed E-state index contributed by atoms with van der Waals surface area (Å²) in [6, 6.07) is 6.65. The number of hydrogen-bond donors (Lipinski definition) is 2. The van der Waals surface area contributed by atoms with Crippen LogP contribution in [0, 0.1) is 0 Å². The predicted molar refractivity (Wildman–Crippen MR) is 78.7 cm³/mol. The van der Waals surface area contributed by atoms with Gasteiger partial charge >= 0.3 is 0 Å². The number of benzene rings is 1. The van der Waals surface area contributed by atoms with Gasteiger partial charge in [0, 0.05) is 31.9 Å². The Morgan fingerprint density at radius 3 is 2.00 bits per heavy atom. The molecule has 1 aromatic rings. The maximum Gasteiger partial charge on any atom is 0.243 e. The number of hydrogen-bond acceptors (Lipinski definition) is 5. The highest BCUT2D eigenvalue weighted by Crippen LogP contribution is 2.25. The van der Waals surface area contributed by atoms with Crippen LogP contribution in [0.15, 0.2) is 29.2 Å². The molecule has 2 aliphatic rings. The third-order valence-electron chi connectivity index (χ3n) is 4.16. The van der Waals surface area contributed by atoms with Crippen LogP contribution in [0.2, 0.25) is 0 Å². The molecule has 1 aromatic carbocycles. The van der Waals surface area contributed by atoms with Crippen molar-refractivity contribution in [2.45, 2.75) is 29.9 Å². The molecule has 21 heavy (non-hydrogen) atoms. The largest absolute Gasteiger partial charge is 0.389 e. The van der Waals surface area contributed by atoms with Gasteiger partial charge in [-0.05, 0) is 37.1 Å². The number of β-amino-alcohol motifs (C(OH)–C–C–N with tert-alkyl or cyclic N) is 2. The number of aliphatic hydroxyl groups is 2. The molecule has 6 nitrogen and oxygen atoms in total. The number of sulfonamides is 1. The molecule has 2 N–H and O–H groups in total. The average molecular weight is 312 g/mol. The summed E-state index contributed by atoms with van der Waals surface area (Å²) in [7, 11) is -3.38. The highest BCUT2D eigenvalue weighted by atomic mass is 32.2. The van der Waals surface area contributed by atoms with E-state index in [1.165, 1.54) is 4.31 Å². The van der Waals surface area contributed by atoms with E-state index in [0.717, 1.165) is 18.5 Å². The van der Waals surface area contributed by atoms with Crippen LogP contribution in [0.1, 0.15) is 12.8 Å². The molecule has 0 spiro atoms. The van der Waals surface area contributed by atoms with Crippen molar-refractivity contribution in [3.05, 3.63) is 24.3 Å². The van der Waals surface area contributed by atoms with Crippen molar-refractivity contribution in [3.8, 4) is 0 Å². The Balaban J connectivity index is 1.78. The Morgan fingerprint density at radius 1 is 0.952 bits per heavy atom. The van der Waals surface area contributed by atoms with Crippen molar-refractivity contribution in [2.75, 3.05) is 31.1 Å². The van der Waals surface area contributed by atoms with Crippen molar-refractivity contribution in [2.24, 2.45) is 0 Å². The van der Waals surface area contributed by atoms with E-state index in [1.807, 2.05) is 4.90 Å². The van der Waals surface area contributed by atoms with Crippen LogP contribution in [-0.4, -0.2) is 61.3 Å². The van der Waals surface area contributed by atoms with Gasteiger partial charge in [0.15, 0.2) is 0 Å². The lowest BCUT2D eigenvalue weighted by atomic mass is 10.3. The topological polar surface area (TPSA) is 81.1 Å². The van der Waals surface area contributed by atoms with E-state index in [2.05, 4.69) is 0 Å². The molecule has 2 saturated heterocycles. The summed E-state index contributed by atoms with van der Waals surface area (Å²) in [5.41, 5.74) is 0.811. The Labute approximate surface area is 124 Å². The normalized spacial score (nSPS) is 27.4. The minimum absolute atomic E-state index is 0.299. The minimum atomic E-state index is -3.38. The van der Waals surface area contributed by atoms with E-state index in [9.17, 15) is 18.6 Å². The Morgan fingerprint density at radius 2 is 1.48 bits per heavy atom. The van der Waals surface area contributed by atoms with E-state index in [4.69, 9.17) is 0 Å². The van der Waals surface area contributed by atoms with Crippen LogP contribution in [0.4, 0.5) is 5.69 Å². The maximum absolute atomic E-state index is 12.4. The highest BCUT2D eigenvalue weighted by molar-refractivity contribution is 7.89. The summed E-state index contributed by atoms with van der Waals surface area (Å²) in [6.45, 7) is 1.90. The number of anilines is 1. The van der Waals surface area contributed by atoms with E-state index in [0.29, 0.717) is 31.1 Å². The highest BCUT2D eigenvalue weighted by Gasteiger charge is 2.30. The number of rotatable bonds is 3. The molecular formula is C14H20N2O4S. The van der Waals surface area contributed by atoms with Gasteiger partial charge in [-0.1, -0.05) is 0 Å². The third kappa shape index (κ3) is 2.78. The smallest absolute Gasteiger partial charge is 0.243 e. The van der Waals surface area contributed by atoms with Crippen molar-refractivity contribution in [1.29, 1.82) is 0 Å². The van der Waals surface area contributed by atoms with Crippen LogP contribution in [0.5, 0.6) is 0 Å². The van der Waals surface area contributed by atoms with E-state index >= 15 is 0 Å². The van der Waals surface area contributed by atoms with Crippen molar-refractivity contribution >= 4 is 15.7 Å². The lowest BCUT2D eigenvalue weighted by Gasteiger charge is -2.19. The fraction of sp³-hybridized carbons (Fsp3) is 0.571. The molecule has 0 aliphatic carbocycles. The fourth-order valence-corrected chi connectivity index (χ4v) is 4.40. The number of nitrogens with zero attached hydrogens (tertiary/aromatic N) is 2. The Bertz CT molecular complexity index is 586. The molecule has 2 aliphatic heterocycles. The van der Waals surface area contributed by atoms with Crippen LogP contribution >= 0.6 is 0 Å². The molecule has 2 fully saturated rings. The first-order valence-corrected chi connectivity index (χ1v) is 8.64. The summed E-state index contributed by atoms with van der Waals surface area (Å²) in [6.07, 6.45) is 0.331. The summed E-state index contributed by atoms with van der Waals surface area (Å²) < 4.78 is 26.3. The van der Waals surface area contributed by atoms with Gasteiger partial charge in [-0.15, -0.1) is 0 Å². The van der Waals surface area contributed by atoms with Crippen LogP contribution in [0.25, 0.3) is 0 Å². The molecule has 0 bridgehead atoms. The number of aliphatic hydroxyl groups excluding tert-OH is 2. The maximum atomic E-state index is 12.4. The van der Waals surface area contributed by atoms with Gasteiger partial charge in [0.05, 0.1) is 17.1 Å². The monoisotopic (exact) mass is 312 g/mol. The zero-order valence-corrected chi connectivity index (χ0v) is 12.5. The molecule has 0 aromatic heterocycles. The molecule has 7 heteroatoms. The SMILES string of the molecule is O=S(=O)(c1ccc(N2C[C@@H](O)[C@@H](O)C2)cc1)N1CCCC1. The molecule has 0 unspecified atom stereocenters. The molecule has 0 amide bonds. The van der Waals surface area contributed by atoms with Crippen molar-refractivity contribution < 1.29 is 18.6 Å². The molecule has 3 rings (SSSR count). The summed E-state index contributed by atoms with van der Waals surface area (Å²) in [5.74, 6) is 0. The van der Waals surface area contributed by atoms with Crippen LogP contribution in [-0.2, 0) is 10.0 Å². The fourth-order valence-electron chi connectivity index (χ4n) is 2.89. The summed E-state index contributed by atoms with van der Waals surface area (Å²) >= 11 is 0. The van der Waals surface area contributed by atoms with E-state index < -0.39 is 22.2 Å². The van der Waals surface area contributed by atoms with Gasteiger partial charge in [0.25, 0.3) is 0 Å². The second-order valence-electron chi connectivity index (χ2n) is 5.64. The zero-order valence-electron chi connectivity index (χ0n) is 11.7. The van der Waals surface area contributed by atoms with Gasteiger partial charge in [0.2, 0.25) is 10.0 Å². The molecule has 116 valence electrons. The van der Waals surface area contributed by atoms with Crippen LogP contribution in [0.3, 0.4) is 0 Å². The van der Waals surface area contributed by atoms with Gasteiger partial charge < -0.3 is 15.1 Å². The molecular weight excluding hydrogens is 292 g/mol. The van der Waals surface area contributed by atoms with Gasteiger partial charge in [0.1, 0.15) is 0 Å². The van der Waals surface area contributed by atoms with E-state index in [1.54, 1.807) is 24.3 Å². The van der Waals surface area contributed by atoms with Gasteiger partial charge in [-0.25, -0.2) is 8.42 Å². The molecule has 2 heterocycles. The van der Waals surface area contributed by atoms with Crippen molar-refractivity contribution in [1.82, 2.24) is 4.31 Å². The first-order chi connectivity index (χ1) is 9.98. The lowest BCUT2D eigenvalue weighted by molar-refractivity contribution is 0.0572. The summed E-state index contributed by atoms with van der Waals surface area (Å²) in [5, 5.41) is 19.1. The Hall–Kier alpha value is -1.15. The second kappa shape index (κ2) is 5.57. The minimum Gasteiger partial charge on any atom is -0.389 e. The lowest BCUT2D eigenvalue weighted by Crippen LogP contribution is -2.28. The Kier molecular flexibility index (Phi) is 3.92. The second-order valence-corrected chi connectivity index (χ2v) is 7.58. The predicted octanol–water partition coefficient (Wildman–Crippen LogP) is 0.0129. The van der Waals surface area contributed by atoms with E-state index in [-0.39, 0.29) is 0 Å². The summed E-state index contributed by atoms with van der Waals surface area (Å²) in [4.78, 5) is 2.15. The molecule has 0 radical (unpaired) electrons. The zero-order chi connectivity index (χ0) is 15.0. The average Bonchev–Trinajstić information content (AvgIpc) is 3.10. The van der Waals surface area contributed by atoms with Gasteiger partial charge in [-0.2, -0.15) is 4.31 Å². The molecule has 0 saturated carbocycles. The van der Waals surface area contributed by atoms with Crippen LogP contribution < -0.4 is 4.90 Å². The standard InChI is InChI=1S/C14H20N2O4S/c17-13-9-15(10-14(13)18)11-3-5-12(6-4-11)21(19,20)16-7-1-2-8-16/h3-6,13-14,17-18H,1-2,7-10H2/t13-,14+. The first kappa shape index (κ1) is 14.8. The molecule has 2 atom stereocenters. The van der Waals surface area contributed by atoms with Crippen molar-refractivity contribution in [3.63, 3.8) is 0 Å².